The Hall–Kier alpha value is -2.00. The van der Waals surface area contributed by atoms with Crippen LogP contribution in [-0.2, 0) is 13.0 Å². The van der Waals surface area contributed by atoms with E-state index < -0.39 is 0 Å². The molecule has 0 fully saturated rings. The molecule has 0 heterocycles. The van der Waals surface area contributed by atoms with Crippen LogP contribution in [0.15, 0.2) is 48.5 Å². The van der Waals surface area contributed by atoms with Crippen LogP contribution >= 0.6 is 0 Å². The molecule has 0 atom stereocenters. The van der Waals surface area contributed by atoms with Gasteiger partial charge in [0, 0.05) is 0 Å². The van der Waals surface area contributed by atoms with Gasteiger partial charge in [-0.3, -0.25) is 0 Å². The largest absolute Gasteiger partial charge is 0.490 e. The summed E-state index contributed by atoms with van der Waals surface area (Å²) in [5, 5.41) is 0. The van der Waals surface area contributed by atoms with Crippen molar-refractivity contribution < 1.29 is 9.47 Å². The van der Waals surface area contributed by atoms with Gasteiger partial charge in [-0.1, -0.05) is 42.5 Å². The molecule has 0 spiro atoms. The Morgan fingerprint density at radius 3 is 2.48 bits per heavy atom. The molecule has 0 aliphatic heterocycles. The Morgan fingerprint density at radius 1 is 0.952 bits per heavy atom. The van der Waals surface area contributed by atoms with Gasteiger partial charge in [0.15, 0.2) is 11.5 Å². The lowest BCUT2D eigenvalue weighted by atomic mass is 10.1. The molecule has 0 unspecified atom stereocenters. The Labute approximate surface area is 126 Å². The zero-order valence-electron chi connectivity index (χ0n) is 12.5. The number of para-hydroxylation sites is 1. The summed E-state index contributed by atoms with van der Waals surface area (Å²) in [6.07, 6.45) is 1.85. The van der Waals surface area contributed by atoms with Crippen molar-refractivity contribution in [3.05, 3.63) is 59.7 Å². The molecule has 2 aromatic rings. The topological polar surface area (TPSA) is 44.5 Å². The van der Waals surface area contributed by atoms with E-state index in [1.165, 1.54) is 0 Å². The summed E-state index contributed by atoms with van der Waals surface area (Å²) >= 11 is 0. The van der Waals surface area contributed by atoms with Gasteiger partial charge in [0.25, 0.3) is 0 Å². The molecule has 3 heteroatoms. The van der Waals surface area contributed by atoms with Gasteiger partial charge >= 0.3 is 0 Å². The van der Waals surface area contributed by atoms with Gasteiger partial charge in [-0.05, 0) is 43.5 Å². The first-order chi connectivity index (χ1) is 10.3. The zero-order valence-corrected chi connectivity index (χ0v) is 12.5. The van der Waals surface area contributed by atoms with Crippen LogP contribution in [0.5, 0.6) is 11.5 Å². The number of benzene rings is 2. The summed E-state index contributed by atoms with van der Waals surface area (Å²) in [6, 6.07) is 16.2. The van der Waals surface area contributed by atoms with Crippen LogP contribution in [0, 0.1) is 0 Å². The highest BCUT2D eigenvalue weighted by atomic mass is 16.5. The second-order valence-corrected chi connectivity index (χ2v) is 4.84. The summed E-state index contributed by atoms with van der Waals surface area (Å²) in [7, 11) is 0. The maximum absolute atomic E-state index is 6.04. The predicted octanol–water partition coefficient (Wildman–Crippen LogP) is 3.56. The molecule has 2 aromatic carbocycles. The smallest absolute Gasteiger partial charge is 0.164 e. The molecule has 0 aliphatic rings. The fraction of sp³-hybridized carbons (Fsp3) is 0.333. The molecule has 112 valence electrons. The molecular weight excluding hydrogens is 262 g/mol. The molecule has 2 N–H and O–H groups in total. The van der Waals surface area contributed by atoms with E-state index in [0.29, 0.717) is 19.8 Å². The van der Waals surface area contributed by atoms with Gasteiger partial charge in [0.2, 0.25) is 0 Å². The number of rotatable bonds is 8. The van der Waals surface area contributed by atoms with Crippen LogP contribution in [0.2, 0.25) is 0 Å². The van der Waals surface area contributed by atoms with Crippen LogP contribution in [0.3, 0.4) is 0 Å². The number of hydrogen-bond acceptors (Lipinski definition) is 3. The van der Waals surface area contributed by atoms with Crippen molar-refractivity contribution in [3.8, 4) is 11.5 Å². The van der Waals surface area contributed by atoms with Crippen molar-refractivity contribution in [1.82, 2.24) is 0 Å². The predicted molar refractivity (Wildman–Crippen MR) is 85.8 cm³/mol. The third-order valence-electron chi connectivity index (χ3n) is 3.24. The maximum Gasteiger partial charge on any atom is 0.164 e. The van der Waals surface area contributed by atoms with Crippen LogP contribution < -0.4 is 15.2 Å². The van der Waals surface area contributed by atoms with Crippen LogP contribution in [-0.4, -0.2) is 13.2 Å². The summed E-state index contributed by atoms with van der Waals surface area (Å²) in [5.41, 5.74) is 7.92. The highest BCUT2D eigenvalue weighted by molar-refractivity contribution is 5.47. The molecule has 3 nitrogen and oxygen atoms in total. The minimum atomic E-state index is 0.542. The maximum atomic E-state index is 6.04. The molecule has 2 rings (SSSR count). The fourth-order valence-electron chi connectivity index (χ4n) is 2.21. The first kappa shape index (κ1) is 15.4. The highest BCUT2D eigenvalue weighted by Gasteiger charge is 2.11. The molecule has 0 bridgehead atoms. The van der Waals surface area contributed by atoms with Gasteiger partial charge in [0.05, 0.1) is 6.61 Å². The van der Waals surface area contributed by atoms with E-state index >= 15 is 0 Å². The molecule has 0 saturated carbocycles. The van der Waals surface area contributed by atoms with Crippen molar-refractivity contribution in [3.63, 3.8) is 0 Å². The average molecular weight is 285 g/mol. The summed E-state index contributed by atoms with van der Waals surface area (Å²) in [5.74, 6) is 1.65. The van der Waals surface area contributed by atoms with Gasteiger partial charge in [-0.15, -0.1) is 0 Å². The van der Waals surface area contributed by atoms with E-state index in [9.17, 15) is 0 Å². The average Bonchev–Trinajstić information content (AvgIpc) is 2.53. The van der Waals surface area contributed by atoms with E-state index in [1.54, 1.807) is 0 Å². The Balaban J connectivity index is 2.17. The number of nitrogens with two attached hydrogens (primary N) is 1. The van der Waals surface area contributed by atoms with Crippen molar-refractivity contribution >= 4 is 0 Å². The third kappa shape index (κ3) is 4.50. The van der Waals surface area contributed by atoms with E-state index in [2.05, 4.69) is 18.2 Å². The van der Waals surface area contributed by atoms with E-state index in [0.717, 1.165) is 35.5 Å². The van der Waals surface area contributed by atoms with Gasteiger partial charge < -0.3 is 15.2 Å². The highest BCUT2D eigenvalue weighted by Crippen LogP contribution is 2.32. The number of ether oxygens (including phenoxy) is 2. The van der Waals surface area contributed by atoms with Crippen molar-refractivity contribution in [1.29, 1.82) is 0 Å². The second-order valence-electron chi connectivity index (χ2n) is 4.84. The summed E-state index contributed by atoms with van der Waals surface area (Å²) in [6.45, 7) is 3.83. The molecule has 0 amide bonds. The Morgan fingerprint density at radius 2 is 1.76 bits per heavy atom. The first-order valence-electron chi connectivity index (χ1n) is 7.46. The third-order valence-corrected chi connectivity index (χ3v) is 3.24. The standard InChI is InChI=1S/C18H23NO2/c1-2-20-17-12-6-10-16(11-7-13-19)18(17)21-14-15-8-4-3-5-9-15/h3-6,8-10,12H,2,7,11,13-14,19H2,1H3. The minimum Gasteiger partial charge on any atom is -0.490 e. The SMILES string of the molecule is CCOc1cccc(CCCN)c1OCc1ccccc1. The second kappa shape index (κ2) is 8.32. The molecule has 21 heavy (non-hydrogen) atoms. The lowest BCUT2D eigenvalue weighted by Crippen LogP contribution is -2.05. The van der Waals surface area contributed by atoms with Gasteiger partial charge in [-0.2, -0.15) is 0 Å². The van der Waals surface area contributed by atoms with Crippen LogP contribution in [0.4, 0.5) is 0 Å². The normalized spacial score (nSPS) is 10.4. The molecule has 0 aliphatic carbocycles. The lowest BCUT2D eigenvalue weighted by molar-refractivity contribution is 0.266. The molecule has 0 saturated heterocycles. The number of aryl methyl sites for hydroxylation is 1. The van der Waals surface area contributed by atoms with Crippen molar-refractivity contribution in [2.45, 2.75) is 26.4 Å². The van der Waals surface area contributed by atoms with E-state index in [-0.39, 0.29) is 0 Å². The van der Waals surface area contributed by atoms with E-state index in [1.807, 2.05) is 37.3 Å². The van der Waals surface area contributed by atoms with Crippen molar-refractivity contribution in [2.75, 3.05) is 13.2 Å². The Kier molecular flexibility index (Phi) is 6.10. The molecule has 0 aromatic heterocycles. The van der Waals surface area contributed by atoms with Gasteiger partial charge in [0.1, 0.15) is 6.61 Å². The quantitative estimate of drug-likeness (QED) is 0.806. The molecular formula is C18H23NO2. The van der Waals surface area contributed by atoms with Crippen LogP contribution in [0.1, 0.15) is 24.5 Å². The first-order valence-corrected chi connectivity index (χ1v) is 7.46. The zero-order chi connectivity index (χ0) is 14.9. The van der Waals surface area contributed by atoms with Gasteiger partial charge in [-0.25, -0.2) is 0 Å². The summed E-state index contributed by atoms with van der Waals surface area (Å²) in [4.78, 5) is 0. The Bertz CT molecular complexity index is 540. The van der Waals surface area contributed by atoms with Crippen molar-refractivity contribution in [2.24, 2.45) is 5.73 Å². The van der Waals surface area contributed by atoms with E-state index in [4.69, 9.17) is 15.2 Å². The van der Waals surface area contributed by atoms with Crippen LogP contribution in [0.25, 0.3) is 0 Å². The number of hydrogen-bond donors (Lipinski definition) is 1. The molecule has 0 radical (unpaired) electrons. The monoisotopic (exact) mass is 285 g/mol. The lowest BCUT2D eigenvalue weighted by Gasteiger charge is -2.16. The summed E-state index contributed by atoms with van der Waals surface area (Å²) < 4.78 is 11.7. The minimum absolute atomic E-state index is 0.542. The fourth-order valence-corrected chi connectivity index (χ4v) is 2.21.